The number of carboxylic acid groups (broad SMARTS) is 1. The van der Waals surface area contributed by atoms with Gasteiger partial charge in [-0.25, -0.2) is 0 Å². The summed E-state index contributed by atoms with van der Waals surface area (Å²) in [7, 11) is 3.98. The lowest BCUT2D eigenvalue weighted by Crippen LogP contribution is -2.57. The third-order valence-corrected chi connectivity index (χ3v) is 3.16. The van der Waals surface area contributed by atoms with Crippen LogP contribution in [-0.4, -0.2) is 48.1 Å². The highest BCUT2D eigenvalue weighted by atomic mass is 16.4. The third-order valence-electron chi connectivity index (χ3n) is 3.16. The SMILES string of the molecule is CN(C)C1(CNC(=O)CC(=O)O)CCC1. The Morgan fingerprint density at radius 1 is 1.40 bits per heavy atom. The van der Waals surface area contributed by atoms with Crippen LogP contribution < -0.4 is 5.32 Å². The van der Waals surface area contributed by atoms with Gasteiger partial charge in [0.1, 0.15) is 6.42 Å². The van der Waals surface area contributed by atoms with Crippen molar-refractivity contribution in [3.05, 3.63) is 0 Å². The Hall–Kier alpha value is -1.10. The van der Waals surface area contributed by atoms with Crippen molar-refractivity contribution in [3.8, 4) is 0 Å². The van der Waals surface area contributed by atoms with Gasteiger partial charge in [0.25, 0.3) is 0 Å². The van der Waals surface area contributed by atoms with Crippen LogP contribution in [0.15, 0.2) is 0 Å². The molecule has 15 heavy (non-hydrogen) atoms. The van der Waals surface area contributed by atoms with E-state index in [0.717, 1.165) is 12.8 Å². The molecule has 1 rings (SSSR count). The Morgan fingerprint density at radius 3 is 2.33 bits per heavy atom. The van der Waals surface area contributed by atoms with Crippen LogP contribution in [0.25, 0.3) is 0 Å². The zero-order chi connectivity index (χ0) is 11.5. The van der Waals surface area contributed by atoms with E-state index < -0.39 is 18.3 Å². The highest BCUT2D eigenvalue weighted by Gasteiger charge is 2.39. The van der Waals surface area contributed by atoms with Gasteiger partial charge in [0.2, 0.25) is 5.91 Å². The fraction of sp³-hybridized carbons (Fsp3) is 0.800. The average molecular weight is 214 g/mol. The molecule has 0 unspecified atom stereocenters. The monoisotopic (exact) mass is 214 g/mol. The van der Waals surface area contributed by atoms with Crippen LogP contribution in [0.5, 0.6) is 0 Å². The summed E-state index contributed by atoms with van der Waals surface area (Å²) in [6.45, 7) is 0.548. The molecular formula is C10H18N2O3. The number of carbonyl (C=O) groups excluding carboxylic acids is 1. The molecule has 0 spiro atoms. The summed E-state index contributed by atoms with van der Waals surface area (Å²) in [5.41, 5.74) is 0.0498. The zero-order valence-electron chi connectivity index (χ0n) is 9.25. The summed E-state index contributed by atoms with van der Waals surface area (Å²) in [6, 6.07) is 0. The van der Waals surface area contributed by atoms with Gasteiger partial charge in [0, 0.05) is 12.1 Å². The van der Waals surface area contributed by atoms with Crippen molar-refractivity contribution >= 4 is 11.9 Å². The number of carboxylic acids is 1. The molecular weight excluding hydrogens is 196 g/mol. The zero-order valence-corrected chi connectivity index (χ0v) is 9.25. The van der Waals surface area contributed by atoms with E-state index in [1.807, 2.05) is 14.1 Å². The van der Waals surface area contributed by atoms with Gasteiger partial charge < -0.3 is 15.3 Å². The van der Waals surface area contributed by atoms with Gasteiger partial charge in [-0.1, -0.05) is 0 Å². The second kappa shape index (κ2) is 4.61. The second-order valence-electron chi connectivity index (χ2n) is 4.32. The van der Waals surface area contributed by atoms with E-state index in [4.69, 9.17) is 5.11 Å². The topological polar surface area (TPSA) is 69.6 Å². The second-order valence-corrected chi connectivity index (χ2v) is 4.32. The Bertz CT molecular complexity index is 259. The Balaban J connectivity index is 2.35. The van der Waals surface area contributed by atoms with Gasteiger partial charge in [-0.15, -0.1) is 0 Å². The van der Waals surface area contributed by atoms with Gasteiger partial charge >= 0.3 is 5.97 Å². The molecule has 0 saturated heterocycles. The highest BCUT2D eigenvalue weighted by molar-refractivity contribution is 5.93. The van der Waals surface area contributed by atoms with Crippen molar-refractivity contribution in [2.45, 2.75) is 31.2 Å². The molecule has 0 radical (unpaired) electrons. The fourth-order valence-electron chi connectivity index (χ4n) is 1.83. The predicted octanol–water partition coefficient (Wildman–Crippen LogP) is 0.0616. The lowest BCUT2D eigenvalue weighted by Gasteiger charge is -2.47. The Labute approximate surface area is 89.4 Å². The maximum absolute atomic E-state index is 11.2. The highest BCUT2D eigenvalue weighted by Crippen LogP contribution is 2.35. The summed E-state index contributed by atoms with van der Waals surface area (Å²) in [5, 5.41) is 11.1. The molecule has 1 saturated carbocycles. The van der Waals surface area contributed by atoms with E-state index >= 15 is 0 Å². The smallest absolute Gasteiger partial charge is 0.312 e. The van der Waals surface area contributed by atoms with Crippen LogP contribution in [0.4, 0.5) is 0 Å². The van der Waals surface area contributed by atoms with Crippen molar-refractivity contribution in [1.29, 1.82) is 0 Å². The summed E-state index contributed by atoms with van der Waals surface area (Å²) in [5.74, 6) is -1.49. The lowest BCUT2D eigenvalue weighted by molar-refractivity contribution is -0.140. The van der Waals surface area contributed by atoms with Crippen LogP contribution in [0.3, 0.4) is 0 Å². The summed E-state index contributed by atoms with van der Waals surface area (Å²) in [6.07, 6.45) is 2.86. The number of carbonyl (C=O) groups is 2. The molecule has 0 aromatic rings. The van der Waals surface area contributed by atoms with E-state index in [1.54, 1.807) is 0 Å². The molecule has 0 heterocycles. The number of amides is 1. The van der Waals surface area contributed by atoms with Gasteiger partial charge in [-0.2, -0.15) is 0 Å². The first-order chi connectivity index (χ1) is 6.96. The molecule has 1 amide bonds. The molecule has 86 valence electrons. The molecule has 2 N–H and O–H groups in total. The van der Waals surface area contributed by atoms with Crippen LogP contribution in [0.1, 0.15) is 25.7 Å². The van der Waals surface area contributed by atoms with Crippen molar-refractivity contribution < 1.29 is 14.7 Å². The molecule has 1 fully saturated rings. The van der Waals surface area contributed by atoms with Crippen LogP contribution in [0.2, 0.25) is 0 Å². The number of likely N-dealkylation sites (N-methyl/N-ethyl adjacent to an activating group) is 1. The number of rotatable bonds is 5. The molecule has 1 aliphatic carbocycles. The molecule has 0 atom stereocenters. The van der Waals surface area contributed by atoms with E-state index in [-0.39, 0.29) is 5.54 Å². The molecule has 0 aliphatic heterocycles. The number of nitrogens with one attached hydrogen (secondary N) is 1. The summed E-state index contributed by atoms with van der Waals surface area (Å²) >= 11 is 0. The first kappa shape index (κ1) is 12.0. The van der Waals surface area contributed by atoms with Gasteiger partial charge in [-0.3, -0.25) is 9.59 Å². The van der Waals surface area contributed by atoms with Crippen molar-refractivity contribution in [1.82, 2.24) is 10.2 Å². The van der Waals surface area contributed by atoms with Gasteiger partial charge in [0.05, 0.1) is 0 Å². The minimum Gasteiger partial charge on any atom is -0.481 e. The molecule has 5 nitrogen and oxygen atoms in total. The van der Waals surface area contributed by atoms with Crippen LogP contribution in [-0.2, 0) is 9.59 Å². The maximum Gasteiger partial charge on any atom is 0.312 e. The normalized spacial score (nSPS) is 18.3. The van der Waals surface area contributed by atoms with E-state index in [9.17, 15) is 9.59 Å². The van der Waals surface area contributed by atoms with Crippen LogP contribution in [0, 0.1) is 0 Å². The lowest BCUT2D eigenvalue weighted by atomic mass is 9.75. The van der Waals surface area contributed by atoms with Crippen molar-refractivity contribution in [2.75, 3.05) is 20.6 Å². The first-order valence-corrected chi connectivity index (χ1v) is 5.12. The van der Waals surface area contributed by atoms with Gasteiger partial charge in [0.15, 0.2) is 0 Å². The minimum atomic E-state index is -1.08. The number of aliphatic carboxylic acids is 1. The molecule has 1 aliphatic rings. The molecule has 0 aromatic heterocycles. The first-order valence-electron chi connectivity index (χ1n) is 5.12. The number of nitrogens with zero attached hydrogens (tertiary/aromatic N) is 1. The Kier molecular flexibility index (Phi) is 3.68. The number of hydrogen-bond donors (Lipinski definition) is 2. The van der Waals surface area contributed by atoms with Crippen molar-refractivity contribution in [2.24, 2.45) is 0 Å². The van der Waals surface area contributed by atoms with E-state index in [0.29, 0.717) is 6.54 Å². The standard InChI is InChI=1S/C10H18N2O3/c1-12(2)10(4-3-5-10)7-11-8(13)6-9(14)15/h3-7H2,1-2H3,(H,11,13)(H,14,15). The molecule has 0 aromatic carbocycles. The maximum atomic E-state index is 11.2. The number of hydrogen-bond acceptors (Lipinski definition) is 3. The molecule has 0 bridgehead atoms. The minimum absolute atomic E-state index is 0.0498. The molecule has 5 heteroatoms. The quantitative estimate of drug-likeness (QED) is 0.635. The largest absolute Gasteiger partial charge is 0.481 e. The predicted molar refractivity (Wildman–Crippen MR) is 55.5 cm³/mol. The average Bonchev–Trinajstić information content (AvgIpc) is 1.99. The Morgan fingerprint density at radius 2 is 2.00 bits per heavy atom. The third kappa shape index (κ3) is 2.92. The van der Waals surface area contributed by atoms with Crippen LogP contribution >= 0.6 is 0 Å². The fourth-order valence-corrected chi connectivity index (χ4v) is 1.83. The van der Waals surface area contributed by atoms with Gasteiger partial charge in [-0.05, 0) is 33.4 Å². The van der Waals surface area contributed by atoms with E-state index in [2.05, 4.69) is 10.2 Å². The summed E-state index contributed by atoms with van der Waals surface area (Å²) < 4.78 is 0. The van der Waals surface area contributed by atoms with Crippen molar-refractivity contribution in [3.63, 3.8) is 0 Å². The van der Waals surface area contributed by atoms with E-state index in [1.165, 1.54) is 6.42 Å². The summed E-state index contributed by atoms with van der Waals surface area (Å²) in [4.78, 5) is 23.5.